The molecule has 1 aromatic rings. The fraction of sp³-hybridized carbons (Fsp3) is 0.667. The van der Waals surface area contributed by atoms with E-state index in [-0.39, 0.29) is 16.8 Å². The first-order valence-corrected chi connectivity index (χ1v) is 8.56. The molecule has 126 valence electrons. The molecule has 2 saturated heterocycles. The minimum atomic E-state index is -0.0897. The van der Waals surface area contributed by atoms with Crippen LogP contribution in [0.2, 0.25) is 0 Å². The van der Waals surface area contributed by atoms with Crippen LogP contribution in [-0.2, 0) is 7.05 Å². The zero-order valence-electron chi connectivity index (χ0n) is 14.5. The second kappa shape index (κ2) is 6.11. The number of hydrogen-bond donors (Lipinski definition) is 0. The van der Waals surface area contributed by atoms with Gasteiger partial charge in [-0.05, 0) is 46.2 Å². The van der Waals surface area contributed by atoms with E-state index in [1.54, 1.807) is 6.07 Å². The molecular formula is C18H27N3O2. The van der Waals surface area contributed by atoms with Gasteiger partial charge in [-0.25, -0.2) is 0 Å². The molecule has 1 aromatic heterocycles. The highest BCUT2D eigenvalue weighted by Crippen LogP contribution is 2.38. The molecule has 5 nitrogen and oxygen atoms in total. The van der Waals surface area contributed by atoms with E-state index in [1.165, 1.54) is 25.3 Å². The molecule has 2 aliphatic heterocycles. The summed E-state index contributed by atoms with van der Waals surface area (Å²) >= 11 is 0. The standard InChI is InChI=1S/C18H27N3O2/c1-14-10-15(22)11-16(20(14)3)17(23)21-9-5-7-18(13-21)6-4-8-19(2)12-18/h10-11H,4-9,12-13H2,1-3H3/t18-/m1/s1. The SMILES string of the molecule is Cc1cc(=O)cc(C(=O)N2CCC[C@@]3(CCCN(C)C3)C2)n1C. The van der Waals surface area contributed by atoms with Crippen LogP contribution in [0.4, 0.5) is 0 Å². The normalized spacial score (nSPS) is 25.8. The van der Waals surface area contributed by atoms with Crippen LogP contribution in [-0.4, -0.2) is 53.5 Å². The minimum absolute atomic E-state index is 0.000557. The number of hydrogen-bond acceptors (Lipinski definition) is 3. The molecule has 3 rings (SSSR count). The van der Waals surface area contributed by atoms with E-state index in [9.17, 15) is 9.59 Å². The molecule has 3 heterocycles. The second-order valence-corrected chi connectivity index (χ2v) is 7.45. The number of carbonyl (C=O) groups is 1. The summed E-state index contributed by atoms with van der Waals surface area (Å²) in [7, 11) is 4.03. The van der Waals surface area contributed by atoms with Gasteiger partial charge < -0.3 is 14.4 Å². The summed E-state index contributed by atoms with van der Waals surface area (Å²) < 4.78 is 1.83. The van der Waals surface area contributed by atoms with Crippen molar-refractivity contribution in [1.82, 2.24) is 14.4 Å². The fourth-order valence-electron chi connectivity index (χ4n) is 4.30. The molecule has 2 fully saturated rings. The molecule has 0 saturated carbocycles. The first-order valence-electron chi connectivity index (χ1n) is 8.56. The molecule has 0 unspecified atom stereocenters. The Balaban J connectivity index is 1.84. The Labute approximate surface area is 137 Å². The molecule has 0 aromatic carbocycles. The van der Waals surface area contributed by atoms with E-state index in [2.05, 4.69) is 11.9 Å². The van der Waals surface area contributed by atoms with Crippen LogP contribution < -0.4 is 5.43 Å². The topological polar surface area (TPSA) is 45.6 Å². The van der Waals surface area contributed by atoms with Crippen molar-refractivity contribution < 1.29 is 4.79 Å². The van der Waals surface area contributed by atoms with Crippen molar-refractivity contribution in [2.24, 2.45) is 12.5 Å². The third kappa shape index (κ3) is 3.20. The van der Waals surface area contributed by atoms with Crippen molar-refractivity contribution in [3.05, 3.63) is 33.7 Å². The van der Waals surface area contributed by atoms with E-state index in [4.69, 9.17) is 0 Å². The van der Waals surface area contributed by atoms with Crippen molar-refractivity contribution >= 4 is 5.91 Å². The molecule has 1 atom stereocenters. The number of aromatic nitrogens is 1. The zero-order chi connectivity index (χ0) is 16.6. The lowest BCUT2D eigenvalue weighted by Crippen LogP contribution is -2.53. The fourth-order valence-corrected chi connectivity index (χ4v) is 4.30. The van der Waals surface area contributed by atoms with Crippen molar-refractivity contribution in [2.45, 2.75) is 32.6 Å². The largest absolute Gasteiger partial charge is 0.344 e. The molecule has 5 heteroatoms. The number of amides is 1. The quantitative estimate of drug-likeness (QED) is 0.791. The number of carbonyl (C=O) groups excluding carboxylic acids is 1. The van der Waals surface area contributed by atoms with Crippen LogP contribution in [0.15, 0.2) is 16.9 Å². The van der Waals surface area contributed by atoms with Crippen LogP contribution in [0.1, 0.15) is 41.9 Å². The summed E-state index contributed by atoms with van der Waals surface area (Å²) in [6.07, 6.45) is 4.67. The van der Waals surface area contributed by atoms with E-state index in [1.807, 2.05) is 23.4 Å². The van der Waals surface area contributed by atoms with Gasteiger partial charge in [-0.2, -0.15) is 0 Å². The molecule has 2 aliphatic rings. The van der Waals surface area contributed by atoms with E-state index in [0.717, 1.165) is 38.3 Å². The lowest BCUT2D eigenvalue weighted by atomic mass is 9.74. The first-order chi connectivity index (χ1) is 10.9. The van der Waals surface area contributed by atoms with Gasteiger partial charge in [0, 0.05) is 49.9 Å². The van der Waals surface area contributed by atoms with Gasteiger partial charge in [-0.3, -0.25) is 9.59 Å². The summed E-state index contributed by atoms with van der Waals surface area (Å²) in [5.41, 5.74) is 1.48. The van der Waals surface area contributed by atoms with Crippen LogP contribution in [0.5, 0.6) is 0 Å². The highest BCUT2D eigenvalue weighted by molar-refractivity contribution is 5.92. The highest BCUT2D eigenvalue weighted by Gasteiger charge is 2.40. The molecule has 1 amide bonds. The summed E-state index contributed by atoms with van der Waals surface area (Å²) in [6.45, 7) is 5.71. The molecule has 0 bridgehead atoms. The highest BCUT2D eigenvalue weighted by atomic mass is 16.2. The first kappa shape index (κ1) is 16.2. The van der Waals surface area contributed by atoms with E-state index < -0.39 is 0 Å². The molecule has 0 aliphatic carbocycles. The summed E-state index contributed by atoms with van der Waals surface area (Å²) in [6, 6.07) is 3.05. The maximum absolute atomic E-state index is 13.0. The lowest BCUT2D eigenvalue weighted by Gasteiger charge is -2.47. The predicted molar refractivity (Wildman–Crippen MR) is 90.7 cm³/mol. The monoisotopic (exact) mass is 317 g/mol. The van der Waals surface area contributed by atoms with Crippen molar-refractivity contribution in [2.75, 3.05) is 33.2 Å². The van der Waals surface area contributed by atoms with Gasteiger partial charge in [-0.1, -0.05) is 0 Å². The van der Waals surface area contributed by atoms with Crippen molar-refractivity contribution in [3.63, 3.8) is 0 Å². The number of rotatable bonds is 1. The molecule has 0 N–H and O–H groups in total. The third-order valence-corrected chi connectivity index (χ3v) is 5.54. The van der Waals surface area contributed by atoms with Gasteiger partial charge in [0.25, 0.3) is 5.91 Å². The number of pyridine rings is 1. The van der Waals surface area contributed by atoms with Crippen molar-refractivity contribution in [3.8, 4) is 0 Å². The van der Waals surface area contributed by atoms with Gasteiger partial charge in [0.1, 0.15) is 5.69 Å². The summed E-state index contributed by atoms with van der Waals surface area (Å²) in [4.78, 5) is 29.1. The summed E-state index contributed by atoms with van der Waals surface area (Å²) in [5.74, 6) is 0.000557. The molecule has 23 heavy (non-hydrogen) atoms. The van der Waals surface area contributed by atoms with Gasteiger partial charge in [0.2, 0.25) is 0 Å². The van der Waals surface area contributed by atoms with Gasteiger partial charge in [0.15, 0.2) is 5.43 Å². The Hall–Kier alpha value is -1.62. The van der Waals surface area contributed by atoms with Gasteiger partial charge in [-0.15, -0.1) is 0 Å². The number of aryl methyl sites for hydroxylation is 1. The minimum Gasteiger partial charge on any atom is -0.344 e. The lowest BCUT2D eigenvalue weighted by molar-refractivity contribution is 0.0201. The Morgan fingerprint density at radius 2 is 1.78 bits per heavy atom. The number of likely N-dealkylation sites (tertiary alicyclic amines) is 2. The van der Waals surface area contributed by atoms with E-state index in [0.29, 0.717) is 5.69 Å². The molecular weight excluding hydrogens is 290 g/mol. The third-order valence-electron chi connectivity index (χ3n) is 5.54. The molecule has 1 spiro atoms. The Morgan fingerprint density at radius 1 is 1.09 bits per heavy atom. The maximum Gasteiger partial charge on any atom is 0.270 e. The Bertz CT molecular complexity index is 663. The number of nitrogens with zero attached hydrogens (tertiary/aromatic N) is 3. The summed E-state index contributed by atoms with van der Waals surface area (Å²) in [5, 5.41) is 0. The average molecular weight is 317 g/mol. The van der Waals surface area contributed by atoms with Crippen LogP contribution >= 0.6 is 0 Å². The van der Waals surface area contributed by atoms with Crippen LogP contribution in [0, 0.1) is 12.3 Å². The average Bonchev–Trinajstić information content (AvgIpc) is 2.50. The predicted octanol–water partition coefficient (Wildman–Crippen LogP) is 1.64. The van der Waals surface area contributed by atoms with Gasteiger partial charge >= 0.3 is 0 Å². The zero-order valence-corrected chi connectivity index (χ0v) is 14.5. The Kier molecular flexibility index (Phi) is 4.32. The second-order valence-electron chi connectivity index (χ2n) is 7.45. The maximum atomic E-state index is 13.0. The van der Waals surface area contributed by atoms with Gasteiger partial charge in [0.05, 0.1) is 0 Å². The smallest absolute Gasteiger partial charge is 0.270 e. The number of piperidine rings is 2. The van der Waals surface area contributed by atoms with Crippen LogP contribution in [0.3, 0.4) is 0 Å². The van der Waals surface area contributed by atoms with E-state index >= 15 is 0 Å². The van der Waals surface area contributed by atoms with Crippen molar-refractivity contribution in [1.29, 1.82) is 0 Å². The van der Waals surface area contributed by atoms with Crippen LogP contribution in [0.25, 0.3) is 0 Å². The Morgan fingerprint density at radius 3 is 2.48 bits per heavy atom. The molecule has 0 radical (unpaired) electrons.